The average Bonchev–Trinajstić information content (AvgIpc) is 2.47. The van der Waals surface area contributed by atoms with Gasteiger partial charge in [-0.15, -0.1) is 0 Å². The number of ether oxygens (including phenoxy) is 1. The van der Waals surface area contributed by atoms with Crippen LogP contribution in [0, 0.1) is 0 Å². The number of hydrogen-bond acceptors (Lipinski definition) is 1. The van der Waals surface area contributed by atoms with Crippen molar-refractivity contribution in [3.05, 3.63) is 65.7 Å². The van der Waals surface area contributed by atoms with Crippen molar-refractivity contribution in [2.75, 3.05) is 6.61 Å². The lowest BCUT2D eigenvalue weighted by atomic mass is 10.1. The SMILES string of the molecule is FC(F)(F)c1cccc(CCCCOc2ccccc2)c1. The minimum atomic E-state index is -4.27. The first-order valence-corrected chi connectivity index (χ1v) is 6.90. The minimum absolute atomic E-state index is 0.572. The molecular weight excluding hydrogens is 277 g/mol. The smallest absolute Gasteiger partial charge is 0.416 e. The zero-order chi connectivity index (χ0) is 15.1. The third-order valence-corrected chi connectivity index (χ3v) is 3.13. The van der Waals surface area contributed by atoms with Gasteiger partial charge in [-0.3, -0.25) is 0 Å². The van der Waals surface area contributed by atoms with E-state index in [1.165, 1.54) is 12.1 Å². The van der Waals surface area contributed by atoms with Gasteiger partial charge in [0.25, 0.3) is 0 Å². The summed E-state index contributed by atoms with van der Waals surface area (Å²) in [7, 11) is 0. The van der Waals surface area contributed by atoms with Crippen LogP contribution in [0.1, 0.15) is 24.0 Å². The lowest BCUT2D eigenvalue weighted by molar-refractivity contribution is -0.137. The normalized spacial score (nSPS) is 11.4. The van der Waals surface area contributed by atoms with Crippen LogP contribution in [-0.2, 0) is 12.6 Å². The largest absolute Gasteiger partial charge is 0.494 e. The van der Waals surface area contributed by atoms with Crippen molar-refractivity contribution in [3.63, 3.8) is 0 Å². The van der Waals surface area contributed by atoms with Gasteiger partial charge in [-0.25, -0.2) is 0 Å². The van der Waals surface area contributed by atoms with Crippen LogP contribution in [0.25, 0.3) is 0 Å². The first-order valence-electron chi connectivity index (χ1n) is 6.90. The fraction of sp³-hybridized carbons (Fsp3) is 0.294. The zero-order valence-electron chi connectivity index (χ0n) is 11.6. The molecule has 21 heavy (non-hydrogen) atoms. The Kier molecular flexibility index (Phi) is 5.26. The van der Waals surface area contributed by atoms with Gasteiger partial charge in [0, 0.05) is 0 Å². The van der Waals surface area contributed by atoms with E-state index < -0.39 is 11.7 Å². The predicted octanol–water partition coefficient (Wildman–Crippen LogP) is 5.11. The van der Waals surface area contributed by atoms with E-state index >= 15 is 0 Å². The fourth-order valence-corrected chi connectivity index (χ4v) is 2.04. The Labute approximate surface area is 122 Å². The van der Waals surface area contributed by atoms with Gasteiger partial charge in [0.2, 0.25) is 0 Å². The van der Waals surface area contributed by atoms with Crippen molar-refractivity contribution in [1.29, 1.82) is 0 Å². The summed E-state index contributed by atoms with van der Waals surface area (Å²) in [5, 5.41) is 0. The molecule has 0 fully saturated rings. The van der Waals surface area contributed by atoms with Crippen molar-refractivity contribution in [3.8, 4) is 5.75 Å². The molecule has 2 aromatic carbocycles. The Balaban J connectivity index is 1.74. The van der Waals surface area contributed by atoms with Crippen molar-refractivity contribution in [2.24, 2.45) is 0 Å². The average molecular weight is 294 g/mol. The van der Waals surface area contributed by atoms with E-state index in [1.54, 1.807) is 6.07 Å². The molecule has 0 saturated carbocycles. The summed E-state index contributed by atoms with van der Waals surface area (Å²) in [5.41, 5.74) is 0.130. The summed E-state index contributed by atoms with van der Waals surface area (Å²) in [6, 6.07) is 15.0. The van der Waals surface area contributed by atoms with Gasteiger partial charge in [0.15, 0.2) is 0 Å². The van der Waals surface area contributed by atoms with Crippen LogP contribution in [0.4, 0.5) is 13.2 Å². The molecule has 0 heterocycles. The predicted molar refractivity (Wildman–Crippen MR) is 76.3 cm³/mol. The molecule has 0 unspecified atom stereocenters. The molecule has 112 valence electrons. The molecule has 4 heteroatoms. The van der Waals surface area contributed by atoms with Crippen LogP contribution in [-0.4, -0.2) is 6.61 Å². The van der Waals surface area contributed by atoms with E-state index in [9.17, 15) is 13.2 Å². The van der Waals surface area contributed by atoms with Crippen LogP contribution in [0.15, 0.2) is 54.6 Å². The Morgan fingerprint density at radius 1 is 0.857 bits per heavy atom. The number of alkyl halides is 3. The monoisotopic (exact) mass is 294 g/mol. The first kappa shape index (κ1) is 15.4. The lowest BCUT2D eigenvalue weighted by Gasteiger charge is -2.09. The molecule has 0 aromatic heterocycles. The van der Waals surface area contributed by atoms with E-state index in [1.807, 2.05) is 30.3 Å². The van der Waals surface area contributed by atoms with E-state index in [0.29, 0.717) is 18.6 Å². The molecule has 2 aromatic rings. The number of rotatable bonds is 6. The number of aryl methyl sites for hydroxylation is 1. The highest BCUT2D eigenvalue weighted by atomic mass is 19.4. The molecule has 0 aliphatic heterocycles. The van der Waals surface area contributed by atoms with Gasteiger partial charge in [0.1, 0.15) is 5.75 Å². The summed E-state index contributed by atoms with van der Waals surface area (Å²) in [6.07, 6.45) is -2.03. The third-order valence-electron chi connectivity index (χ3n) is 3.13. The Hall–Kier alpha value is -1.97. The van der Waals surface area contributed by atoms with Gasteiger partial charge >= 0.3 is 6.18 Å². The minimum Gasteiger partial charge on any atom is -0.494 e. The van der Waals surface area contributed by atoms with Crippen molar-refractivity contribution < 1.29 is 17.9 Å². The van der Waals surface area contributed by atoms with Gasteiger partial charge in [0.05, 0.1) is 12.2 Å². The number of unbranched alkanes of at least 4 members (excludes halogenated alkanes) is 1. The number of para-hydroxylation sites is 1. The molecular formula is C17H17F3O. The highest BCUT2D eigenvalue weighted by molar-refractivity contribution is 5.25. The van der Waals surface area contributed by atoms with E-state index in [2.05, 4.69) is 0 Å². The van der Waals surface area contributed by atoms with Crippen molar-refractivity contribution in [2.45, 2.75) is 25.4 Å². The maximum Gasteiger partial charge on any atom is 0.416 e. The quantitative estimate of drug-likeness (QED) is 0.673. The topological polar surface area (TPSA) is 9.23 Å². The van der Waals surface area contributed by atoms with Crippen LogP contribution in [0.2, 0.25) is 0 Å². The summed E-state index contributed by atoms with van der Waals surface area (Å²) in [4.78, 5) is 0. The lowest BCUT2D eigenvalue weighted by Crippen LogP contribution is -2.05. The highest BCUT2D eigenvalue weighted by Gasteiger charge is 2.30. The number of benzene rings is 2. The first-order chi connectivity index (χ1) is 10.1. The van der Waals surface area contributed by atoms with Crippen LogP contribution in [0.3, 0.4) is 0 Å². The van der Waals surface area contributed by atoms with E-state index in [-0.39, 0.29) is 0 Å². The van der Waals surface area contributed by atoms with Gasteiger partial charge in [-0.2, -0.15) is 13.2 Å². The van der Waals surface area contributed by atoms with Crippen LogP contribution >= 0.6 is 0 Å². The Bertz CT molecular complexity index is 549. The zero-order valence-corrected chi connectivity index (χ0v) is 11.6. The second-order valence-corrected chi connectivity index (χ2v) is 4.82. The highest BCUT2D eigenvalue weighted by Crippen LogP contribution is 2.29. The van der Waals surface area contributed by atoms with Gasteiger partial charge < -0.3 is 4.74 Å². The van der Waals surface area contributed by atoms with Crippen molar-refractivity contribution >= 4 is 0 Å². The molecule has 1 nitrogen and oxygen atoms in total. The molecule has 0 bridgehead atoms. The van der Waals surface area contributed by atoms with Crippen LogP contribution < -0.4 is 4.74 Å². The Morgan fingerprint density at radius 3 is 2.33 bits per heavy atom. The molecule has 0 saturated heterocycles. The summed E-state index contributed by atoms with van der Waals surface area (Å²) in [6.45, 7) is 0.572. The Morgan fingerprint density at radius 2 is 1.62 bits per heavy atom. The molecule has 0 aliphatic carbocycles. The summed E-state index contributed by atoms with van der Waals surface area (Å²) < 4.78 is 43.3. The summed E-state index contributed by atoms with van der Waals surface area (Å²) >= 11 is 0. The van der Waals surface area contributed by atoms with Gasteiger partial charge in [-0.1, -0.05) is 36.4 Å². The molecule has 2 rings (SSSR count). The van der Waals surface area contributed by atoms with Gasteiger partial charge in [-0.05, 0) is 43.0 Å². The molecule has 0 N–H and O–H groups in total. The second-order valence-electron chi connectivity index (χ2n) is 4.82. The maximum atomic E-state index is 12.6. The van der Waals surface area contributed by atoms with Crippen molar-refractivity contribution in [1.82, 2.24) is 0 Å². The second kappa shape index (κ2) is 7.16. The fourth-order valence-electron chi connectivity index (χ4n) is 2.04. The van der Waals surface area contributed by atoms with Crippen LogP contribution in [0.5, 0.6) is 5.75 Å². The van der Waals surface area contributed by atoms with E-state index in [0.717, 1.165) is 24.7 Å². The molecule has 0 atom stereocenters. The number of halogens is 3. The molecule has 0 amide bonds. The molecule has 0 spiro atoms. The molecule has 0 radical (unpaired) electrons. The number of hydrogen-bond donors (Lipinski definition) is 0. The van der Waals surface area contributed by atoms with E-state index in [4.69, 9.17) is 4.74 Å². The summed E-state index contributed by atoms with van der Waals surface area (Å²) in [5.74, 6) is 0.816. The standard InChI is InChI=1S/C17H17F3O/c18-17(19,20)15-9-6-8-14(13-15)7-4-5-12-21-16-10-2-1-3-11-16/h1-3,6,8-11,13H,4-5,7,12H2. The maximum absolute atomic E-state index is 12.6. The third kappa shape index (κ3) is 5.14. The molecule has 0 aliphatic rings.